The van der Waals surface area contributed by atoms with Crippen LogP contribution in [0.5, 0.6) is 11.5 Å². The van der Waals surface area contributed by atoms with Gasteiger partial charge in [-0.2, -0.15) is 0 Å². The Morgan fingerprint density at radius 3 is 2.38 bits per heavy atom. The second kappa shape index (κ2) is 11.0. The number of ether oxygens (including phenoxy) is 2. The molecule has 0 fully saturated rings. The fourth-order valence-electron chi connectivity index (χ4n) is 2.87. The van der Waals surface area contributed by atoms with Crippen molar-refractivity contribution in [2.24, 2.45) is 0 Å². The molecule has 1 amide bonds. The summed E-state index contributed by atoms with van der Waals surface area (Å²) < 4.78 is 10.7. The molecule has 1 aromatic carbocycles. The van der Waals surface area contributed by atoms with E-state index in [0.717, 1.165) is 18.4 Å². The second-order valence-corrected chi connectivity index (χ2v) is 6.31. The van der Waals surface area contributed by atoms with Crippen LogP contribution in [-0.4, -0.2) is 31.1 Å². The highest BCUT2D eigenvalue weighted by molar-refractivity contribution is 5.76. The van der Waals surface area contributed by atoms with Crippen LogP contribution < -0.4 is 9.47 Å². The van der Waals surface area contributed by atoms with E-state index in [-0.39, 0.29) is 11.9 Å². The van der Waals surface area contributed by atoms with E-state index >= 15 is 0 Å². The van der Waals surface area contributed by atoms with E-state index in [2.05, 4.69) is 13.8 Å². The third kappa shape index (κ3) is 6.06. The number of benzene rings is 1. The number of hydrogen-bond donors (Lipinski definition) is 0. The van der Waals surface area contributed by atoms with Crippen molar-refractivity contribution in [3.8, 4) is 11.5 Å². The number of amides is 1. The minimum absolute atomic E-state index is 0.233. The lowest BCUT2D eigenvalue weighted by atomic mass is 10.1. The Hall–Kier alpha value is -1.71. The first-order valence-corrected chi connectivity index (χ1v) is 9.07. The van der Waals surface area contributed by atoms with Gasteiger partial charge in [0.1, 0.15) is 0 Å². The summed E-state index contributed by atoms with van der Waals surface area (Å²) in [5.74, 6) is 1.65. The predicted molar refractivity (Wildman–Crippen MR) is 98.6 cm³/mol. The van der Waals surface area contributed by atoms with E-state index in [9.17, 15) is 4.79 Å². The highest BCUT2D eigenvalue weighted by Gasteiger charge is 2.20. The monoisotopic (exact) mass is 335 g/mol. The summed E-state index contributed by atoms with van der Waals surface area (Å²) in [6.07, 6.45) is 6.12. The summed E-state index contributed by atoms with van der Waals surface area (Å²) in [7, 11) is 3.26. The molecule has 0 bridgehead atoms. The molecule has 1 aromatic rings. The molecule has 4 heteroatoms. The number of methoxy groups -OCH3 is 2. The number of carbonyl (C=O) groups is 1. The molecule has 0 radical (unpaired) electrons. The van der Waals surface area contributed by atoms with E-state index in [0.29, 0.717) is 24.5 Å². The largest absolute Gasteiger partial charge is 0.493 e. The molecule has 4 nitrogen and oxygen atoms in total. The van der Waals surface area contributed by atoms with Gasteiger partial charge in [0.15, 0.2) is 11.5 Å². The fraction of sp³-hybridized carbons (Fsp3) is 0.650. The maximum atomic E-state index is 12.6. The van der Waals surface area contributed by atoms with Crippen LogP contribution in [0.4, 0.5) is 0 Å². The van der Waals surface area contributed by atoms with Gasteiger partial charge in [-0.05, 0) is 37.5 Å². The average Bonchev–Trinajstić information content (AvgIpc) is 2.59. The number of nitrogens with zero attached hydrogens (tertiary/aromatic N) is 1. The molecule has 0 spiro atoms. The summed E-state index contributed by atoms with van der Waals surface area (Å²) in [6, 6.07) is 6.12. The first kappa shape index (κ1) is 20.3. The highest BCUT2D eigenvalue weighted by atomic mass is 16.5. The molecule has 0 aromatic heterocycles. The minimum atomic E-state index is 0.233. The Labute approximate surface area is 147 Å². The van der Waals surface area contributed by atoms with Crippen LogP contribution in [0, 0.1) is 0 Å². The molecular formula is C20H33NO3. The van der Waals surface area contributed by atoms with Gasteiger partial charge in [0.25, 0.3) is 0 Å². The van der Waals surface area contributed by atoms with Gasteiger partial charge in [0, 0.05) is 19.0 Å². The molecule has 0 heterocycles. The van der Waals surface area contributed by atoms with Crippen LogP contribution >= 0.6 is 0 Å². The van der Waals surface area contributed by atoms with E-state index in [1.165, 1.54) is 19.3 Å². The number of rotatable bonds is 11. The van der Waals surface area contributed by atoms with E-state index in [4.69, 9.17) is 9.47 Å². The number of unbranched alkanes of at least 4 members (excludes halogenated alkanes) is 2. The van der Waals surface area contributed by atoms with Gasteiger partial charge in [-0.15, -0.1) is 0 Å². The van der Waals surface area contributed by atoms with Crippen LogP contribution in [0.1, 0.15) is 64.9 Å². The van der Waals surface area contributed by atoms with Gasteiger partial charge in [-0.25, -0.2) is 0 Å². The Morgan fingerprint density at radius 1 is 1.08 bits per heavy atom. The SMILES string of the molecule is CCCCCC(C)N(Cc1ccc(OC)c(OC)c1)C(=O)CCC. The van der Waals surface area contributed by atoms with Crippen molar-refractivity contribution in [2.45, 2.75) is 71.9 Å². The molecule has 0 aliphatic rings. The highest BCUT2D eigenvalue weighted by Crippen LogP contribution is 2.28. The molecule has 1 unspecified atom stereocenters. The van der Waals surface area contributed by atoms with Crippen molar-refractivity contribution in [3.05, 3.63) is 23.8 Å². The van der Waals surface area contributed by atoms with Gasteiger partial charge in [-0.1, -0.05) is 39.2 Å². The smallest absolute Gasteiger partial charge is 0.223 e. The van der Waals surface area contributed by atoms with Crippen molar-refractivity contribution in [1.82, 2.24) is 4.90 Å². The Kier molecular flexibility index (Phi) is 9.28. The lowest BCUT2D eigenvalue weighted by molar-refractivity contribution is -0.134. The molecule has 0 N–H and O–H groups in total. The molecule has 0 aliphatic carbocycles. The molecule has 0 saturated carbocycles. The molecule has 136 valence electrons. The van der Waals surface area contributed by atoms with Crippen molar-refractivity contribution in [1.29, 1.82) is 0 Å². The van der Waals surface area contributed by atoms with Gasteiger partial charge < -0.3 is 14.4 Å². The normalized spacial score (nSPS) is 11.9. The Balaban J connectivity index is 2.89. The van der Waals surface area contributed by atoms with Crippen molar-refractivity contribution >= 4 is 5.91 Å². The van der Waals surface area contributed by atoms with E-state index < -0.39 is 0 Å². The fourth-order valence-corrected chi connectivity index (χ4v) is 2.87. The van der Waals surface area contributed by atoms with Crippen molar-refractivity contribution in [2.75, 3.05) is 14.2 Å². The van der Waals surface area contributed by atoms with Crippen LogP contribution in [0.15, 0.2) is 18.2 Å². The Morgan fingerprint density at radius 2 is 1.79 bits per heavy atom. The zero-order valence-electron chi connectivity index (χ0n) is 15.9. The summed E-state index contributed by atoms with van der Waals surface area (Å²) in [6.45, 7) is 7.03. The molecule has 1 atom stereocenters. The van der Waals surface area contributed by atoms with Crippen LogP contribution in [-0.2, 0) is 11.3 Å². The summed E-state index contributed by atoms with van der Waals surface area (Å²) in [5, 5.41) is 0. The van der Waals surface area contributed by atoms with Crippen LogP contribution in [0.2, 0.25) is 0 Å². The quantitative estimate of drug-likeness (QED) is 0.545. The number of carbonyl (C=O) groups excluding carboxylic acids is 1. The van der Waals surface area contributed by atoms with Gasteiger partial charge in [-0.3, -0.25) is 4.79 Å². The third-order valence-electron chi connectivity index (χ3n) is 4.34. The van der Waals surface area contributed by atoms with Crippen molar-refractivity contribution in [3.63, 3.8) is 0 Å². The minimum Gasteiger partial charge on any atom is -0.493 e. The molecule has 0 saturated heterocycles. The van der Waals surface area contributed by atoms with E-state index in [1.807, 2.05) is 30.0 Å². The molecule has 1 rings (SSSR count). The lowest BCUT2D eigenvalue weighted by Gasteiger charge is -2.30. The summed E-state index contributed by atoms with van der Waals surface area (Å²) >= 11 is 0. The first-order chi connectivity index (χ1) is 11.6. The lowest BCUT2D eigenvalue weighted by Crippen LogP contribution is -2.38. The zero-order valence-corrected chi connectivity index (χ0v) is 15.9. The standard InChI is InChI=1S/C20H33NO3/c1-6-8-9-11-16(3)21(20(22)10-7-2)15-17-12-13-18(23-4)19(14-17)24-5/h12-14,16H,6-11,15H2,1-5H3. The van der Waals surface area contributed by atoms with Gasteiger partial charge >= 0.3 is 0 Å². The van der Waals surface area contributed by atoms with Gasteiger partial charge in [0.05, 0.1) is 14.2 Å². The average molecular weight is 335 g/mol. The maximum absolute atomic E-state index is 12.6. The molecular weight excluding hydrogens is 302 g/mol. The summed E-state index contributed by atoms with van der Waals surface area (Å²) in [5.41, 5.74) is 1.07. The Bertz CT molecular complexity index is 502. The topological polar surface area (TPSA) is 38.8 Å². The number of hydrogen-bond acceptors (Lipinski definition) is 3. The third-order valence-corrected chi connectivity index (χ3v) is 4.34. The van der Waals surface area contributed by atoms with Crippen LogP contribution in [0.3, 0.4) is 0 Å². The van der Waals surface area contributed by atoms with Crippen molar-refractivity contribution < 1.29 is 14.3 Å². The predicted octanol–water partition coefficient (Wildman–Crippen LogP) is 4.80. The van der Waals surface area contributed by atoms with Gasteiger partial charge in [0.2, 0.25) is 5.91 Å². The second-order valence-electron chi connectivity index (χ2n) is 6.31. The first-order valence-electron chi connectivity index (χ1n) is 9.07. The molecule has 24 heavy (non-hydrogen) atoms. The van der Waals surface area contributed by atoms with Crippen LogP contribution in [0.25, 0.3) is 0 Å². The summed E-state index contributed by atoms with van der Waals surface area (Å²) in [4.78, 5) is 14.6. The zero-order chi connectivity index (χ0) is 17.9. The van der Waals surface area contributed by atoms with E-state index in [1.54, 1.807) is 14.2 Å². The maximum Gasteiger partial charge on any atom is 0.223 e. The molecule has 0 aliphatic heterocycles.